The zero-order chi connectivity index (χ0) is 22.5. The van der Waals surface area contributed by atoms with Gasteiger partial charge in [0.15, 0.2) is 11.6 Å². The van der Waals surface area contributed by atoms with Gasteiger partial charge < -0.3 is 23.9 Å². The van der Waals surface area contributed by atoms with Crippen LogP contribution in [0.2, 0.25) is 0 Å². The second kappa shape index (κ2) is 9.65. The molecule has 3 heterocycles. The lowest BCUT2D eigenvalue weighted by Crippen LogP contribution is -2.50. The van der Waals surface area contributed by atoms with E-state index >= 15 is 0 Å². The smallest absolute Gasteiger partial charge is 0.289 e. The molecule has 0 spiro atoms. The first kappa shape index (κ1) is 21.6. The van der Waals surface area contributed by atoms with Crippen LogP contribution < -0.4 is 10.1 Å². The lowest BCUT2D eigenvalue weighted by atomic mass is 10.3. The van der Waals surface area contributed by atoms with Crippen molar-refractivity contribution in [2.24, 2.45) is 0 Å². The molecule has 4 rings (SSSR count). The van der Waals surface area contributed by atoms with Crippen LogP contribution in [0.5, 0.6) is 5.75 Å². The molecule has 168 valence electrons. The second-order valence-electron chi connectivity index (χ2n) is 7.45. The Balaban J connectivity index is 1.22. The molecule has 2 amide bonds. The van der Waals surface area contributed by atoms with Crippen LogP contribution in [0.15, 0.2) is 51.4 Å². The SMILES string of the molecule is Cc1cc(NC(=O)CN2CCN(C(=O)c3ccc(COc4ccc(F)cc4)o3)CC2)no1. The van der Waals surface area contributed by atoms with Crippen LogP contribution in [-0.4, -0.2) is 59.5 Å². The van der Waals surface area contributed by atoms with Crippen LogP contribution >= 0.6 is 0 Å². The van der Waals surface area contributed by atoms with Gasteiger partial charge in [0, 0.05) is 32.2 Å². The number of aryl methyl sites for hydroxylation is 1. The Morgan fingerprint density at radius 3 is 2.56 bits per heavy atom. The van der Waals surface area contributed by atoms with Crippen molar-refractivity contribution in [3.05, 3.63) is 65.6 Å². The molecule has 1 fully saturated rings. The first-order valence-electron chi connectivity index (χ1n) is 10.2. The predicted octanol–water partition coefficient (Wildman–Crippen LogP) is 2.69. The van der Waals surface area contributed by atoms with Gasteiger partial charge in [-0.2, -0.15) is 0 Å². The highest BCUT2D eigenvalue weighted by Crippen LogP contribution is 2.17. The number of amides is 2. The van der Waals surface area contributed by atoms with E-state index in [9.17, 15) is 14.0 Å². The fourth-order valence-corrected chi connectivity index (χ4v) is 3.33. The summed E-state index contributed by atoms with van der Waals surface area (Å²) in [6.45, 7) is 4.19. The van der Waals surface area contributed by atoms with Crippen LogP contribution in [0.3, 0.4) is 0 Å². The van der Waals surface area contributed by atoms with Gasteiger partial charge in [0.1, 0.15) is 29.7 Å². The molecule has 0 unspecified atom stereocenters. The lowest BCUT2D eigenvalue weighted by molar-refractivity contribution is -0.117. The highest BCUT2D eigenvalue weighted by molar-refractivity contribution is 5.92. The number of aromatic nitrogens is 1. The molecule has 1 aliphatic rings. The maximum absolute atomic E-state index is 12.9. The van der Waals surface area contributed by atoms with Gasteiger partial charge in [-0.25, -0.2) is 4.39 Å². The van der Waals surface area contributed by atoms with Crippen molar-refractivity contribution >= 4 is 17.6 Å². The summed E-state index contributed by atoms with van der Waals surface area (Å²) in [5, 5.41) is 6.43. The van der Waals surface area contributed by atoms with Crippen LogP contribution in [0, 0.1) is 12.7 Å². The Kier molecular flexibility index (Phi) is 6.50. The standard InChI is InChI=1S/C22H23FN4O5/c1-15-12-20(25-32-15)24-21(28)13-26-8-10-27(11-9-26)22(29)19-7-6-18(31-19)14-30-17-4-2-16(23)3-5-17/h2-7,12H,8-11,13-14H2,1H3,(H,24,25,28). The van der Waals surface area contributed by atoms with Crippen molar-refractivity contribution in [1.82, 2.24) is 15.0 Å². The number of anilines is 1. The zero-order valence-corrected chi connectivity index (χ0v) is 17.5. The Morgan fingerprint density at radius 2 is 1.88 bits per heavy atom. The summed E-state index contributed by atoms with van der Waals surface area (Å²) in [7, 11) is 0. The number of hydrogen-bond donors (Lipinski definition) is 1. The highest BCUT2D eigenvalue weighted by Gasteiger charge is 2.25. The fourth-order valence-electron chi connectivity index (χ4n) is 3.33. The Bertz CT molecular complexity index is 1070. The molecular formula is C22H23FN4O5. The number of nitrogens with one attached hydrogen (secondary N) is 1. The van der Waals surface area contributed by atoms with Crippen LogP contribution in [-0.2, 0) is 11.4 Å². The van der Waals surface area contributed by atoms with Crippen LogP contribution in [0.25, 0.3) is 0 Å². The quantitative estimate of drug-likeness (QED) is 0.600. The molecule has 0 radical (unpaired) electrons. The van der Waals surface area contributed by atoms with E-state index in [-0.39, 0.29) is 36.5 Å². The molecular weight excluding hydrogens is 419 g/mol. The Hall–Kier alpha value is -3.66. The van der Waals surface area contributed by atoms with E-state index in [1.54, 1.807) is 30.0 Å². The molecule has 10 heteroatoms. The van der Waals surface area contributed by atoms with Crippen LogP contribution in [0.1, 0.15) is 22.1 Å². The summed E-state index contributed by atoms with van der Waals surface area (Å²) in [5.41, 5.74) is 0. The number of furan rings is 1. The molecule has 2 aromatic heterocycles. The van der Waals surface area contributed by atoms with Gasteiger partial charge in [0.25, 0.3) is 5.91 Å². The van der Waals surface area contributed by atoms with Crippen molar-refractivity contribution in [1.29, 1.82) is 0 Å². The number of hydrogen-bond acceptors (Lipinski definition) is 7. The van der Waals surface area contributed by atoms with E-state index in [1.807, 2.05) is 4.90 Å². The number of carbonyl (C=O) groups excluding carboxylic acids is 2. The van der Waals surface area contributed by atoms with E-state index in [0.717, 1.165) is 0 Å². The third kappa shape index (κ3) is 5.52. The Morgan fingerprint density at radius 1 is 1.12 bits per heavy atom. The monoisotopic (exact) mass is 442 g/mol. The van der Waals surface area contributed by atoms with Crippen molar-refractivity contribution < 1.29 is 27.7 Å². The summed E-state index contributed by atoms with van der Waals surface area (Å²) in [6.07, 6.45) is 0. The first-order valence-corrected chi connectivity index (χ1v) is 10.2. The van der Waals surface area contributed by atoms with E-state index < -0.39 is 0 Å². The molecule has 0 aliphatic carbocycles. The molecule has 1 saturated heterocycles. The number of benzene rings is 1. The minimum absolute atomic E-state index is 0.132. The average Bonchev–Trinajstić information content (AvgIpc) is 3.42. The van der Waals surface area contributed by atoms with E-state index in [0.29, 0.717) is 49.3 Å². The maximum atomic E-state index is 12.9. The second-order valence-corrected chi connectivity index (χ2v) is 7.45. The first-order chi connectivity index (χ1) is 15.5. The number of halogens is 1. The summed E-state index contributed by atoms with van der Waals surface area (Å²) in [6, 6.07) is 10.6. The number of carbonyl (C=O) groups is 2. The number of ether oxygens (including phenoxy) is 1. The van der Waals surface area contributed by atoms with Gasteiger partial charge in [0.2, 0.25) is 5.91 Å². The van der Waals surface area contributed by atoms with Gasteiger partial charge in [0.05, 0.1) is 6.54 Å². The summed E-state index contributed by atoms with van der Waals surface area (Å²) in [5.74, 6) is 1.51. The third-order valence-electron chi connectivity index (χ3n) is 4.99. The van der Waals surface area contributed by atoms with E-state index in [4.69, 9.17) is 13.7 Å². The molecule has 1 aromatic carbocycles. The van der Waals surface area contributed by atoms with E-state index in [1.165, 1.54) is 24.3 Å². The van der Waals surface area contributed by atoms with Gasteiger partial charge in [-0.15, -0.1) is 0 Å². The topological polar surface area (TPSA) is 101 Å². The summed E-state index contributed by atoms with van der Waals surface area (Å²) < 4.78 is 29.0. The van der Waals surface area contributed by atoms with Crippen molar-refractivity contribution in [2.75, 3.05) is 38.0 Å². The third-order valence-corrected chi connectivity index (χ3v) is 4.99. The average molecular weight is 442 g/mol. The number of piperazine rings is 1. The molecule has 3 aromatic rings. The highest BCUT2D eigenvalue weighted by atomic mass is 19.1. The number of nitrogens with zero attached hydrogens (tertiary/aromatic N) is 3. The van der Waals surface area contributed by atoms with Crippen molar-refractivity contribution in [2.45, 2.75) is 13.5 Å². The van der Waals surface area contributed by atoms with Gasteiger partial charge >= 0.3 is 0 Å². The van der Waals surface area contributed by atoms with E-state index in [2.05, 4.69) is 10.5 Å². The van der Waals surface area contributed by atoms with Gasteiger partial charge in [-0.3, -0.25) is 14.5 Å². The molecule has 0 saturated carbocycles. The fraction of sp³-hybridized carbons (Fsp3) is 0.318. The van der Waals surface area contributed by atoms with Crippen molar-refractivity contribution in [3.8, 4) is 5.75 Å². The van der Waals surface area contributed by atoms with Gasteiger partial charge in [-0.05, 0) is 43.3 Å². The maximum Gasteiger partial charge on any atom is 0.289 e. The van der Waals surface area contributed by atoms with Gasteiger partial charge in [-0.1, -0.05) is 5.16 Å². The minimum Gasteiger partial charge on any atom is -0.486 e. The molecule has 0 bridgehead atoms. The molecule has 0 atom stereocenters. The number of rotatable bonds is 7. The normalized spacial score (nSPS) is 14.4. The largest absolute Gasteiger partial charge is 0.486 e. The minimum atomic E-state index is -0.339. The molecule has 1 N–H and O–H groups in total. The van der Waals surface area contributed by atoms with Crippen LogP contribution in [0.4, 0.5) is 10.2 Å². The summed E-state index contributed by atoms with van der Waals surface area (Å²) >= 11 is 0. The Labute approximate surface area is 183 Å². The lowest BCUT2D eigenvalue weighted by Gasteiger charge is -2.33. The van der Waals surface area contributed by atoms with Crippen molar-refractivity contribution in [3.63, 3.8) is 0 Å². The molecule has 9 nitrogen and oxygen atoms in total. The zero-order valence-electron chi connectivity index (χ0n) is 17.5. The summed E-state index contributed by atoms with van der Waals surface area (Å²) in [4.78, 5) is 28.5. The molecule has 32 heavy (non-hydrogen) atoms. The predicted molar refractivity (Wildman–Crippen MR) is 112 cm³/mol. The molecule has 1 aliphatic heterocycles.